The van der Waals surface area contributed by atoms with E-state index in [9.17, 15) is 9.59 Å². The highest BCUT2D eigenvalue weighted by Crippen LogP contribution is 2.26. The molecule has 102 valence electrons. The third-order valence-corrected chi connectivity index (χ3v) is 3.08. The molecule has 0 aliphatic carbocycles. The van der Waals surface area contributed by atoms with E-state index in [0.717, 1.165) is 12.8 Å². The SMILES string of the molecule is CC(C)(C)OC(=O)N1CCCC2(COC(=O)N2)C1. The Balaban J connectivity index is 1.99. The predicted molar refractivity (Wildman–Crippen MR) is 64.3 cm³/mol. The Bertz CT molecular complexity index is 364. The Kier molecular flexibility index (Phi) is 3.12. The van der Waals surface area contributed by atoms with Gasteiger partial charge in [-0.05, 0) is 33.6 Å². The maximum Gasteiger partial charge on any atom is 0.410 e. The van der Waals surface area contributed by atoms with Crippen LogP contribution in [0.25, 0.3) is 0 Å². The number of carbonyl (C=O) groups excluding carboxylic acids is 2. The van der Waals surface area contributed by atoms with Gasteiger partial charge in [-0.25, -0.2) is 9.59 Å². The van der Waals surface area contributed by atoms with Crippen molar-refractivity contribution in [3.05, 3.63) is 0 Å². The molecule has 1 unspecified atom stereocenters. The number of carbonyl (C=O) groups is 2. The van der Waals surface area contributed by atoms with Gasteiger partial charge in [-0.15, -0.1) is 0 Å². The molecule has 0 aromatic rings. The Morgan fingerprint density at radius 1 is 1.50 bits per heavy atom. The number of amides is 2. The summed E-state index contributed by atoms with van der Waals surface area (Å²) < 4.78 is 10.3. The molecule has 0 bridgehead atoms. The molecule has 1 spiro atoms. The third kappa shape index (κ3) is 2.86. The van der Waals surface area contributed by atoms with E-state index in [-0.39, 0.29) is 6.09 Å². The molecule has 6 nitrogen and oxygen atoms in total. The molecule has 0 saturated carbocycles. The topological polar surface area (TPSA) is 67.9 Å². The highest BCUT2D eigenvalue weighted by Gasteiger charge is 2.44. The number of likely N-dealkylation sites (tertiary alicyclic amines) is 1. The van der Waals surface area contributed by atoms with Crippen molar-refractivity contribution in [2.45, 2.75) is 44.8 Å². The molecule has 0 aromatic carbocycles. The molecule has 1 N–H and O–H groups in total. The number of piperidine rings is 1. The van der Waals surface area contributed by atoms with Gasteiger partial charge in [0.1, 0.15) is 12.2 Å². The molecule has 2 heterocycles. The van der Waals surface area contributed by atoms with E-state index in [0.29, 0.717) is 19.7 Å². The molecule has 2 saturated heterocycles. The van der Waals surface area contributed by atoms with Crippen LogP contribution in [0.1, 0.15) is 33.6 Å². The molecule has 6 heteroatoms. The fourth-order valence-electron chi connectivity index (χ4n) is 2.33. The summed E-state index contributed by atoms with van der Waals surface area (Å²) in [6.45, 7) is 6.95. The quantitative estimate of drug-likeness (QED) is 0.713. The fraction of sp³-hybridized carbons (Fsp3) is 0.833. The van der Waals surface area contributed by atoms with Crippen molar-refractivity contribution < 1.29 is 19.1 Å². The number of ether oxygens (including phenoxy) is 2. The van der Waals surface area contributed by atoms with Crippen molar-refractivity contribution in [1.82, 2.24) is 10.2 Å². The largest absolute Gasteiger partial charge is 0.447 e. The molecule has 2 amide bonds. The highest BCUT2D eigenvalue weighted by molar-refractivity contribution is 5.72. The van der Waals surface area contributed by atoms with E-state index in [4.69, 9.17) is 9.47 Å². The third-order valence-electron chi connectivity index (χ3n) is 3.08. The number of nitrogens with one attached hydrogen (secondary N) is 1. The molecule has 2 rings (SSSR count). The minimum absolute atomic E-state index is 0.325. The Morgan fingerprint density at radius 3 is 2.78 bits per heavy atom. The summed E-state index contributed by atoms with van der Waals surface area (Å²) in [6, 6.07) is 0. The first-order valence-corrected chi connectivity index (χ1v) is 6.23. The fourth-order valence-corrected chi connectivity index (χ4v) is 2.33. The predicted octanol–water partition coefficient (Wildman–Crippen LogP) is 1.50. The van der Waals surface area contributed by atoms with Crippen LogP contribution in [0.3, 0.4) is 0 Å². The van der Waals surface area contributed by atoms with Crippen molar-refractivity contribution in [3.8, 4) is 0 Å². The summed E-state index contributed by atoms with van der Waals surface area (Å²) >= 11 is 0. The van der Waals surface area contributed by atoms with Gasteiger partial charge >= 0.3 is 12.2 Å². The number of cyclic esters (lactones) is 1. The first-order chi connectivity index (χ1) is 8.30. The van der Waals surface area contributed by atoms with Crippen LogP contribution >= 0.6 is 0 Å². The highest BCUT2D eigenvalue weighted by atomic mass is 16.6. The van der Waals surface area contributed by atoms with Gasteiger partial charge in [-0.3, -0.25) is 0 Å². The van der Waals surface area contributed by atoms with E-state index in [1.54, 1.807) is 4.90 Å². The van der Waals surface area contributed by atoms with Crippen LogP contribution in [0.2, 0.25) is 0 Å². The van der Waals surface area contributed by atoms with E-state index in [1.807, 2.05) is 20.8 Å². The van der Waals surface area contributed by atoms with Crippen LogP contribution in [-0.4, -0.2) is 47.9 Å². The van der Waals surface area contributed by atoms with E-state index in [1.165, 1.54) is 0 Å². The van der Waals surface area contributed by atoms with Gasteiger partial charge in [0.05, 0.1) is 12.1 Å². The normalized spacial score (nSPS) is 27.9. The number of alkyl carbamates (subject to hydrolysis) is 1. The van der Waals surface area contributed by atoms with Crippen LogP contribution in [0.5, 0.6) is 0 Å². The Morgan fingerprint density at radius 2 is 2.22 bits per heavy atom. The maximum absolute atomic E-state index is 12.0. The van der Waals surface area contributed by atoms with Crippen molar-refractivity contribution >= 4 is 12.2 Å². The van der Waals surface area contributed by atoms with Gasteiger partial charge in [0.15, 0.2) is 0 Å². The zero-order valence-corrected chi connectivity index (χ0v) is 11.1. The van der Waals surface area contributed by atoms with Crippen molar-refractivity contribution in [3.63, 3.8) is 0 Å². The minimum Gasteiger partial charge on any atom is -0.447 e. The molecule has 0 aromatic heterocycles. The lowest BCUT2D eigenvalue weighted by molar-refractivity contribution is 0.0116. The molecular formula is C12H20N2O4. The summed E-state index contributed by atoms with van der Waals surface area (Å²) in [5, 5.41) is 2.81. The molecule has 2 aliphatic rings. The average molecular weight is 256 g/mol. The average Bonchev–Trinajstić information content (AvgIpc) is 2.57. The lowest BCUT2D eigenvalue weighted by Crippen LogP contribution is -2.57. The van der Waals surface area contributed by atoms with Crippen LogP contribution in [0.15, 0.2) is 0 Å². The summed E-state index contributed by atoms with van der Waals surface area (Å²) in [5.41, 5.74) is -0.927. The summed E-state index contributed by atoms with van der Waals surface area (Å²) in [6.07, 6.45) is 0.935. The second-order valence-electron chi connectivity index (χ2n) is 5.99. The lowest BCUT2D eigenvalue weighted by Gasteiger charge is -2.38. The Labute approximate surface area is 107 Å². The smallest absolute Gasteiger partial charge is 0.410 e. The number of hydrogen-bond donors (Lipinski definition) is 1. The zero-order chi connectivity index (χ0) is 13.4. The lowest BCUT2D eigenvalue weighted by atomic mass is 9.91. The van der Waals surface area contributed by atoms with Gasteiger partial charge in [0.2, 0.25) is 0 Å². The second kappa shape index (κ2) is 4.33. The van der Waals surface area contributed by atoms with Gasteiger partial charge < -0.3 is 19.7 Å². The standard InChI is InChI=1S/C12H20N2O4/c1-11(2,3)18-10(16)14-6-4-5-12(7-14)8-17-9(15)13-12/h4-8H2,1-3H3,(H,13,15). The molecule has 18 heavy (non-hydrogen) atoms. The number of hydrogen-bond acceptors (Lipinski definition) is 4. The number of nitrogens with zero attached hydrogens (tertiary/aromatic N) is 1. The summed E-state index contributed by atoms with van der Waals surface area (Å²) in [5.74, 6) is 0. The first kappa shape index (κ1) is 13.0. The van der Waals surface area contributed by atoms with Crippen molar-refractivity contribution in [2.24, 2.45) is 0 Å². The Hall–Kier alpha value is -1.46. The molecule has 1 atom stereocenters. The monoisotopic (exact) mass is 256 g/mol. The van der Waals surface area contributed by atoms with E-state index in [2.05, 4.69) is 5.32 Å². The van der Waals surface area contributed by atoms with Crippen molar-refractivity contribution in [1.29, 1.82) is 0 Å². The first-order valence-electron chi connectivity index (χ1n) is 6.23. The van der Waals surface area contributed by atoms with E-state index < -0.39 is 17.2 Å². The minimum atomic E-state index is -0.503. The van der Waals surface area contributed by atoms with Crippen LogP contribution in [0, 0.1) is 0 Å². The summed E-state index contributed by atoms with van der Waals surface area (Å²) in [4.78, 5) is 24.8. The number of rotatable bonds is 0. The van der Waals surface area contributed by atoms with Gasteiger partial charge in [0, 0.05) is 6.54 Å². The maximum atomic E-state index is 12.0. The van der Waals surface area contributed by atoms with Crippen molar-refractivity contribution in [2.75, 3.05) is 19.7 Å². The van der Waals surface area contributed by atoms with E-state index >= 15 is 0 Å². The molecular weight excluding hydrogens is 236 g/mol. The van der Waals surface area contributed by atoms with Gasteiger partial charge in [-0.2, -0.15) is 0 Å². The zero-order valence-electron chi connectivity index (χ0n) is 11.1. The van der Waals surface area contributed by atoms with Crippen LogP contribution in [0.4, 0.5) is 9.59 Å². The molecule has 2 fully saturated rings. The van der Waals surface area contributed by atoms with Crippen LogP contribution in [-0.2, 0) is 9.47 Å². The second-order valence-corrected chi connectivity index (χ2v) is 5.99. The molecule has 2 aliphatic heterocycles. The van der Waals surface area contributed by atoms with Gasteiger partial charge in [-0.1, -0.05) is 0 Å². The summed E-state index contributed by atoms with van der Waals surface area (Å²) in [7, 11) is 0. The molecule has 0 radical (unpaired) electrons. The van der Waals surface area contributed by atoms with Gasteiger partial charge in [0.25, 0.3) is 0 Å². The van der Waals surface area contributed by atoms with Crippen LogP contribution < -0.4 is 5.32 Å².